The minimum atomic E-state index is 0.291. The summed E-state index contributed by atoms with van der Waals surface area (Å²) in [7, 11) is 0. The average Bonchev–Trinajstić information content (AvgIpc) is 2.88. The van der Waals surface area contributed by atoms with E-state index in [1.807, 2.05) is 6.92 Å². The van der Waals surface area contributed by atoms with Gasteiger partial charge in [0.25, 0.3) is 0 Å². The van der Waals surface area contributed by atoms with E-state index in [9.17, 15) is 0 Å². The number of nitrogen functional groups attached to an aromatic ring is 1. The van der Waals surface area contributed by atoms with Crippen molar-refractivity contribution in [2.75, 3.05) is 30.0 Å². The van der Waals surface area contributed by atoms with E-state index in [4.69, 9.17) is 10.6 Å². The Balaban J connectivity index is 2.18. The fourth-order valence-electron chi connectivity index (χ4n) is 2.39. The van der Waals surface area contributed by atoms with Gasteiger partial charge < -0.3 is 9.64 Å². The van der Waals surface area contributed by atoms with Gasteiger partial charge in [-0.1, -0.05) is 20.8 Å². The predicted molar refractivity (Wildman–Crippen MR) is 78.6 cm³/mol. The van der Waals surface area contributed by atoms with Crippen LogP contribution in [0.2, 0.25) is 0 Å². The second-order valence-corrected chi connectivity index (χ2v) is 6.12. The number of rotatable bonds is 4. The second kappa shape index (κ2) is 5.78. The quantitative estimate of drug-likeness (QED) is 0.637. The molecule has 0 amide bonds. The molecule has 7 heteroatoms. The van der Waals surface area contributed by atoms with Crippen molar-refractivity contribution in [1.82, 2.24) is 15.0 Å². The van der Waals surface area contributed by atoms with Gasteiger partial charge in [0.05, 0.1) is 6.61 Å². The molecule has 1 fully saturated rings. The molecule has 3 N–H and O–H groups in total. The van der Waals surface area contributed by atoms with Crippen molar-refractivity contribution in [2.45, 2.75) is 34.1 Å². The van der Waals surface area contributed by atoms with Crippen LogP contribution in [0.15, 0.2) is 0 Å². The lowest BCUT2D eigenvalue weighted by molar-refractivity contribution is 0.263. The Kier molecular flexibility index (Phi) is 4.27. The summed E-state index contributed by atoms with van der Waals surface area (Å²) in [6.07, 6.45) is 1.14. The van der Waals surface area contributed by atoms with Crippen molar-refractivity contribution >= 4 is 11.9 Å². The molecule has 1 atom stereocenters. The molecular formula is C13H24N6O. The predicted octanol–water partition coefficient (Wildman–Crippen LogP) is 1.43. The molecule has 0 aliphatic carbocycles. The van der Waals surface area contributed by atoms with Crippen LogP contribution in [0.5, 0.6) is 6.01 Å². The number of anilines is 2. The maximum atomic E-state index is 5.40. The van der Waals surface area contributed by atoms with Gasteiger partial charge in [-0.05, 0) is 24.7 Å². The molecule has 2 heterocycles. The van der Waals surface area contributed by atoms with Crippen LogP contribution in [-0.4, -0.2) is 34.6 Å². The van der Waals surface area contributed by atoms with Gasteiger partial charge in [-0.15, -0.1) is 0 Å². The Bertz CT molecular complexity index is 459. The molecule has 1 aromatic heterocycles. The number of hydrazine groups is 1. The van der Waals surface area contributed by atoms with Crippen LogP contribution in [0.3, 0.4) is 0 Å². The van der Waals surface area contributed by atoms with Crippen LogP contribution >= 0.6 is 0 Å². The SMILES string of the molecule is CCOc1nc(NN)nc(N2CCC(C(C)(C)C)C2)n1. The fraction of sp³-hybridized carbons (Fsp3) is 0.769. The van der Waals surface area contributed by atoms with Crippen molar-refractivity contribution in [3.05, 3.63) is 0 Å². The summed E-state index contributed by atoms with van der Waals surface area (Å²) >= 11 is 0. The molecule has 1 aliphatic heterocycles. The van der Waals surface area contributed by atoms with Crippen LogP contribution in [0.4, 0.5) is 11.9 Å². The summed E-state index contributed by atoms with van der Waals surface area (Å²) in [5.41, 5.74) is 2.75. The molecule has 112 valence electrons. The van der Waals surface area contributed by atoms with E-state index in [1.165, 1.54) is 0 Å². The maximum absolute atomic E-state index is 5.40. The molecular weight excluding hydrogens is 256 g/mol. The van der Waals surface area contributed by atoms with E-state index in [2.05, 4.69) is 46.0 Å². The Labute approximate surface area is 119 Å². The molecule has 1 saturated heterocycles. The molecule has 1 aliphatic rings. The summed E-state index contributed by atoms with van der Waals surface area (Å²) in [6.45, 7) is 11.1. The molecule has 0 aromatic carbocycles. The molecule has 7 nitrogen and oxygen atoms in total. The molecule has 20 heavy (non-hydrogen) atoms. The van der Waals surface area contributed by atoms with Crippen LogP contribution in [0.25, 0.3) is 0 Å². The molecule has 1 aromatic rings. The monoisotopic (exact) mass is 280 g/mol. The lowest BCUT2D eigenvalue weighted by Gasteiger charge is -2.27. The van der Waals surface area contributed by atoms with Gasteiger partial charge in [0.1, 0.15) is 0 Å². The first-order valence-corrected chi connectivity index (χ1v) is 7.04. The zero-order valence-corrected chi connectivity index (χ0v) is 12.7. The van der Waals surface area contributed by atoms with Crippen molar-refractivity contribution in [2.24, 2.45) is 17.2 Å². The fourth-order valence-corrected chi connectivity index (χ4v) is 2.39. The second-order valence-electron chi connectivity index (χ2n) is 6.12. The average molecular weight is 280 g/mol. The third-order valence-electron chi connectivity index (χ3n) is 3.70. The van der Waals surface area contributed by atoms with Gasteiger partial charge >= 0.3 is 6.01 Å². The molecule has 0 saturated carbocycles. The number of hydrogen-bond acceptors (Lipinski definition) is 7. The molecule has 0 bridgehead atoms. The van der Waals surface area contributed by atoms with Crippen molar-refractivity contribution in [3.63, 3.8) is 0 Å². The van der Waals surface area contributed by atoms with E-state index in [-0.39, 0.29) is 0 Å². The lowest BCUT2D eigenvalue weighted by atomic mass is 9.80. The third-order valence-corrected chi connectivity index (χ3v) is 3.70. The van der Waals surface area contributed by atoms with Gasteiger partial charge in [0.15, 0.2) is 0 Å². The minimum absolute atomic E-state index is 0.291. The number of ether oxygens (including phenoxy) is 1. The molecule has 2 rings (SSSR count). The highest BCUT2D eigenvalue weighted by Crippen LogP contribution is 2.35. The Morgan fingerprint density at radius 1 is 1.35 bits per heavy atom. The first kappa shape index (κ1) is 14.8. The summed E-state index contributed by atoms with van der Waals surface area (Å²) in [6, 6.07) is 0.310. The van der Waals surface area contributed by atoms with Crippen molar-refractivity contribution in [1.29, 1.82) is 0 Å². The van der Waals surface area contributed by atoms with E-state index in [0.717, 1.165) is 19.5 Å². The van der Waals surface area contributed by atoms with Gasteiger partial charge in [-0.2, -0.15) is 15.0 Å². The number of nitrogens with zero attached hydrogens (tertiary/aromatic N) is 4. The summed E-state index contributed by atoms with van der Waals surface area (Å²) < 4.78 is 5.36. The lowest BCUT2D eigenvalue weighted by Crippen LogP contribution is -2.27. The highest BCUT2D eigenvalue weighted by molar-refractivity contribution is 5.38. The van der Waals surface area contributed by atoms with Gasteiger partial charge in [-0.25, -0.2) is 5.84 Å². The minimum Gasteiger partial charge on any atom is -0.464 e. The van der Waals surface area contributed by atoms with E-state index in [1.54, 1.807) is 0 Å². The highest BCUT2D eigenvalue weighted by atomic mass is 16.5. The smallest absolute Gasteiger partial charge is 0.323 e. The maximum Gasteiger partial charge on any atom is 0.323 e. The number of nitrogens with one attached hydrogen (secondary N) is 1. The zero-order chi connectivity index (χ0) is 14.8. The third kappa shape index (κ3) is 3.27. The Hall–Kier alpha value is -1.63. The van der Waals surface area contributed by atoms with E-state index < -0.39 is 0 Å². The van der Waals surface area contributed by atoms with Crippen molar-refractivity contribution in [3.8, 4) is 6.01 Å². The van der Waals surface area contributed by atoms with Crippen LogP contribution in [0, 0.1) is 11.3 Å². The number of nitrogens with two attached hydrogens (primary N) is 1. The van der Waals surface area contributed by atoms with Gasteiger partial charge in [0.2, 0.25) is 11.9 Å². The Morgan fingerprint density at radius 2 is 2.10 bits per heavy atom. The van der Waals surface area contributed by atoms with Crippen molar-refractivity contribution < 1.29 is 4.74 Å². The first-order chi connectivity index (χ1) is 9.44. The van der Waals surface area contributed by atoms with E-state index >= 15 is 0 Å². The Morgan fingerprint density at radius 3 is 2.65 bits per heavy atom. The first-order valence-electron chi connectivity index (χ1n) is 7.04. The molecule has 1 unspecified atom stereocenters. The standard InChI is InChI=1S/C13H24N6O/c1-5-20-12-16-10(18-14)15-11(17-12)19-7-6-9(8-19)13(2,3)4/h9H,5-8,14H2,1-4H3,(H,15,16,17,18). The zero-order valence-electron chi connectivity index (χ0n) is 12.7. The van der Waals surface area contributed by atoms with Crippen LogP contribution in [0.1, 0.15) is 34.1 Å². The van der Waals surface area contributed by atoms with Gasteiger partial charge in [0, 0.05) is 13.1 Å². The molecule has 0 radical (unpaired) electrons. The van der Waals surface area contributed by atoms with Crippen LogP contribution < -0.4 is 20.9 Å². The number of aromatic nitrogens is 3. The summed E-state index contributed by atoms with van der Waals surface area (Å²) in [5, 5.41) is 0. The number of hydrogen-bond donors (Lipinski definition) is 2. The summed E-state index contributed by atoms with van der Waals surface area (Å²) in [5.74, 6) is 6.99. The highest BCUT2D eigenvalue weighted by Gasteiger charge is 2.33. The van der Waals surface area contributed by atoms with E-state index in [0.29, 0.717) is 35.8 Å². The normalized spacial score (nSPS) is 19.2. The topological polar surface area (TPSA) is 89.2 Å². The van der Waals surface area contributed by atoms with Gasteiger partial charge in [-0.3, -0.25) is 5.43 Å². The van der Waals surface area contributed by atoms with Crippen LogP contribution in [-0.2, 0) is 0 Å². The largest absolute Gasteiger partial charge is 0.464 e. The molecule has 0 spiro atoms. The summed E-state index contributed by atoms with van der Waals surface area (Å²) in [4.78, 5) is 14.9.